The number of carbonyl (C=O) groups is 1. The number of aliphatic hydroxyl groups is 1. The van der Waals surface area contributed by atoms with Gasteiger partial charge in [0.15, 0.2) is 0 Å². The first kappa shape index (κ1) is 12.6. The van der Waals surface area contributed by atoms with E-state index in [0.717, 1.165) is 36.1 Å². The fourth-order valence-corrected chi connectivity index (χ4v) is 3.17. The summed E-state index contributed by atoms with van der Waals surface area (Å²) in [4.78, 5) is 12.8. The van der Waals surface area contributed by atoms with Crippen molar-refractivity contribution in [3.8, 4) is 0 Å². The molecule has 0 saturated heterocycles. The van der Waals surface area contributed by atoms with E-state index in [1.54, 1.807) is 0 Å². The van der Waals surface area contributed by atoms with Crippen molar-refractivity contribution < 1.29 is 9.90 Å². The molecule has 1 heterocycles. The van der Waals surface area contributed by atoms with E-state index in [2.05, 4.69) is 5.32 Å². The standard InChI is InChI=1S/C13H19NO2S/c1-9-6-7-17-12(9)13(16)14-11-4-2-10(8-15)3-5-11/h6-7,10-11,15H,2-5,8H2,1H3,(H,14,16). The second-order valence-corrected chi connectivity index (χ2v) is 5.72. The highest BCUT2D eigenvalue weighted by molar-refractivity contribution is 7.12. The van der Waals surface area contributed by atoms with E-state index < -0.39 is 0 Å². The van der Waals surface area contributed by atoms with Gasteiger partial charge in [-0.3, -0.25) is 4.79 Å². The molecule has 17 heavy (non-hydrogen) atoms. The fraction of sp³-hybridized carbons (Fsp3) is 0.615. The van der Waals surface area contributed by atoms with Crippen molar-refractivity contribution in [3.05, 3.63) is 21.9 Å². The highest BCUT2D eigenvalue weighted by Gasteiger charge is 2.22. The Morgan fingerprint density at radius 2 is 2.18 bits per heavy atom. The zero-order chi connectivity index (χ0) is 12.3. The van der Waals surface area contributed by atoms with Gasteiger partial charge in [-0.2, -0.15) is 0 Å². The minimum absolute atomic E-state index is 0.0601. The van der Waals surface area contributed by atoms with Gasteiger partial charge in [-0.05, 0) is 55.5 Å². The van der Waals surface area contributed by atoms with E-state index >= 15 is 0 Å². The van der Waals surface area contributed by atoms with Gasteiger partial charge >= 0.3 is 0 Å². The van der Waals surface area contributed by atoms with E-state index in [1.807, 2.05) is 18.4 Å². The van der Waals surface area contributed by atoms with Crippen molar-refractivity contribution in [2.24, 2.45) is 5.92 Å². The van der Waals surface area contributed by atoms with Gasteiger partial charge in [-0.1, -0.05) is 0 Å². The number of hydrogen-bond donors (Lipinski definition) is 2. The minimum atomic E-state index is 0.0601. The zero-order valence-electron chi connectivity index (χ0n) is 10.1. The maximum Gasteiger partial charge on any atom is 0.261 e. The van der Waals surface area contributed by atoms with Crippen LogP contribution in [0.25, 0.3) is 0 Å². The number of carbonyl (C=O) groups excluding carboxylic acids is 1. The topological polar surface area (TPSA) is 49.3 Å². The van der Waals surface area contributed by atoms with Crippen LogP contribution in [0, 0.1) is 12.8 Å². The van der Waals surface area contributed by atoms with E-state index in [9.17, 15) is 4.79 Å². The smallest absolute Gasteiger partial charge is 0.261 e. The van der Waals surface area contributed by atoms with Gasteiger partial charge in [0, 0.05) is 12.6 Å². The normalized spacial score (nSPS) is 24.6. The highest BCUT2D eigenvalue weighted by atomic mass is 32.1. The van der Waals surface area contributed by atoms with E-state index in [-0.39, 0.29) is 18.6 Å². The van der Waals surface area contributed by atoms with Crippen molar-refractivity contribution in [1.29, 1.82) is 0 Å². The lowest BCUT2D eigenvalue weighted by Gasteiger charge is -2.27. The van der Waals surface area contributed by atoms with Crippen LogP contribution in [-0.4, -0.2) is 23.7 Å². The monoisotopic (exact) mass is 253 g/mol. The minimum Gasteiger partial charge on any atom is -0.396 e. The molecule has 0 bridgehead atoms. The summed E-state index contributed by atoms with van der Waals surface area (Å²) in [6.45, 7) is 2.25. The molecule has 1 aliphatic rings. The Morgan fingerprint density at radius 3 is 2.71 bits per heavy atom. The average molecular weight is 253 g/mol. The van der Waals surface area contributed by atoms with Gasteiger partial charge in [0.05, 0.1) is 4.88 Å². The molecule has 1 aromatic heterocycles. The molecule has 1 saturated carbocycles. The zero-order valence-corrected chi connectivity index (χ0v) is 10.9. The van der Waals surface area contributed by atoms with Gasteiger partial charge in [-0.25, -0.2) is 0 Å². The fourth-order valence-electron chi connectivity index (χ4n) is 2.35. The molecule has 1 aromatic rings. The summed E-state index contributed by atoms with van der Waals surface area (Å²) in [6, 6.07) is 2.26. The number of hydrogen-bond acceptors (Lipinski definition) is 3. The molecular weight excluding hydrogens is 234 g/mol. The Hall–Kier alpha value is -0.870. The van der Waals surface area contributed by atoms with Crippen LogP contribution in [-0.2, 0) is 0 Å². The number of thiophene rings is 1. The molecule has 2 N–H and O–H groups in total. The number of rotatable bonds is 3. The summed E-state index contributed by atoms with van der Waals surface area (Å²) >= 11 is 1.50. The van der Waals surface area contributed by atoms with Crippen LogP contribution >= 0.6 is 11.3 Å². The number of aryl methyl sites for hydroxylation is 1. The first-order valence-corrected chi connectivity index (χ1v) is 7.04. The summed E-state index contributed by atoms with van der Waals surface area (Å²) in [7, 11) is 0. The second-order valence-electron chi connectivity index (χ2n) is 4.81. The Morgan fingerprint density at radius 1 is 1.47 bits per heavy atom. The molecule has 0 aliphatic heterocycles. The molecule has 0 atom stereocenters. The Kier molecular flexibility index (Phi) is 4.18. The Bertz CT molecular complexity index is 381. The molecule has 1 amide bonds. The van der Waals surface area contributed by atoms with E-state index in [4.69, 9.17) is 5.11 Å². The number of amides is 1. The molecule has 1 aliphatic carbocycles. The molecule has 0 aromatic carbocycles. The summed E-state index contributed by atoms with van der Waals surface area (Å²) in [5.74, 6) is 0.497. The van der Waals surface area contributed by atoms with Gasteiger partial charge in [0.25, 0.3) is 5.91 Å². The molecule has 4 heteroatoms. The third kappa shape index (κ3) is 3.07. The maximum atomic E-state index is 12.0. The van der Waals surface area contributed by atoms with Crippen LogP contribution in [0.3, 0.4) is 0 Å². The molecular formula is C13H19NO2S. The van der Waals surface area contributed by atoms with Crippen LogP contribution < -0.4 is 5.32 Å². The van der Waals surface area contributed by atoms with Crippen LogP contribution in [0.2, 0.25) is 0 Å². The third-order valence-electron chi connectivity index (χ3n) is 3.51. The first-order valence-electron chi connectivity index (χ1n) is 6.16. The molecule has 0 radical (unpaired) electrons. The first-order chi connectivity index (χ1) is 8.20. The van der Waals surface area contributed by atoms with Gasteiger partial charge in [-0.15, -0.1) is 11.3 Å². The SMILES string of the molecule is Cc1ccsc1C(=O)NC1CCC(CO)CC1. The van der Waals surface area contributed by atoms with Crippen molar-refractivity contribution in [3.63, 3.8) is 0 Å². The molecule has 94 valence electrons. The lowest BCUT2D eigenvalue weighted by Crippen LogP contribution is -2.37. The van der Waals surface area contributed by atoms with Crippen molar-refractivity contribution >= 4 is 17.2 Å². The van der Waals surface area contributed by atoms with Gasteiger partial charge in [0.1, 0.15) is 0 Å². The molecule has 2 rings (SSSR count). The predicted molar refractivity (Wildman–Crippen MR) is 69.4 cm³/mol. The Labute approximate surface area is 106 Å². The summed E-state index contributed by atoms with van der Waals surface area (Å²) in [5.41, 5.74) is 1.05. The molecule has 3 nitrogen and oxygen atoms in total. The van der Waals surface area contributed by atoms with Gasteiger partial charge < -0.3 is 10.4 Å². The predicted octanol–water partition coefficient (Wildman–Crippen LogP) is 2.34. The quantitative estimate of drug-likeness (QED) is 0.868. The maximum absolute atomic E-state index is 12.0. The third-order valence-corrected chi connectivity index (χ3v) is 4.52. The van der Waals surface area contributed by atoms with Crippen LogP contribution in [0.5, 0.6) is 0 Å². The average Bonchev–Trinajstić information content (AvgIpc) is 2.76. The van der Waals surface area contributed by atoms with Crippen LogP contribution in [0.1, 0.15) is 40.9 Å². The van der Waals surface area contributed by atoms with Crippen molar-refractivity contribution in [2.45, 2.75) is 38.6 Å². The number of aliphatic hydroxyl groups excluding tert-OH is 1. The van der Waals surface area contributed by atoms with E-state index in [1.165, 1.54) is 11.3 Å². The van der Waals surface area contributed by atoms with E-state index in [0.29, 0.717) is 5.92 Å². The lowest BCUT2D eigenvalue weighted by atomic mass is 9.86. The van der Waals surface area contributed by atoms with Gasteiger partial charge in [0.2, 0.25) is 0 Å². The summed E-state index contributed by atoms with van der Waals surface area (Å²) < 4.78 is 0. The van der Waals surface area contributed by atoms with Crippen molar-refractivity contribution in [1.82, 2.24) is 5.32 Å². The summed E-state index contributed by atoms with van der Waals surface area (Å²) in [5, 5.41) is 14.1. The molecule has 0 unspecified atom stereocenters. The lowest BCUT2D eigenvalue weighted by molar-refractivity contribution is 0.0917. The van der Waals surface area contributed by atoms with Crippen LogP contribution in [0.15, 0.2) is 11.4 Å². The Balaban J connectivity index is 1.86. The largest absolute Gasteiger partial charge is 0.396 e. The molecule has 0 spiro atoms. The van der Waals surface area contributed by atoms with Crippen LogP contribution in [0.4, 0.5) is 0 Å². The highest BCUT2D eigenvalue weighted by Crippen LogP contribution is 2.24. The molecule has 1 fully saturated rings. The van der Waals surface area contributed by atoms with Crippen molar-refractivity contribution in [2.75, 3.05) is 6.61 Å². The number of nitrogens with one attached hydrogen (secondary N) is 1. The summed E-state index contributed by atoms with van der Waals surface area (Å²) in [6.07, 6.45) is 4.01. The second kappa shape index (κ2) is 5.65.